The van der Waals surface area contributed by atoms with Gasteiger partial charge in [-0.2, -0.15) is 0 Å². The average Bonchev–Trinajstić information content (AvgIpc) is 2.41. The summed E-state index contributed by atoms with van der Waals surface area (Å²) in [4.78, 5) is 11.2. The largest absolute Gasteiger partial charge is 0.478 e. The Morgan fingerprint density at radius 3 is 2.65 bits per heavy atom. The van der Waals surface area contributed by atoms with Crippen LogP contribution in [-0.4, -0.2) is 11.1 Å². The van der Waals surface area contributed by atoms with Crippen molar-refractivity contribution in [2.45, 2.75) is 13.3 Å². The minimum Gasteiger partial charge on any atom is -0.478 e. The molecule has 0 spiro atoms. The molecule has 0 saturated heterocycles. The van der Waals surface area contributed by atoms with Crippen molar-refractivity contribution in [2.75, 3.05) is 0 Å². The number of aryl methyl sites for hydroxylation is 1. The summed E-state index contributed by atoms with van der Waals surface area (Å²) in [5.74, 6) is -0.0338. The van der Waals surface area contributed by atoms with Crippen molar-refractivity contribution in [1.82, 2.24) is 0 Å². The van der Waals surface area contributed by atoms with E-state index in [1.807, 2.05) is 6.92 Å². The zero-order valence-corrected chi connectivity index (χ0v) is 13.0. The third-order valence-corrected chi connectivity index (χ3v) is 3.60. The van der Waals surface area contributed by atoms with Crippen LogP contribution in [0.25, 0.3) is 0 Å². The number of halogens is 2. The Hall–Kier alpha value is -1.52. The highest BCUT2D eigenvalue weighted by molar-refractivity contribution is 9.10. The number of hydrogen-bond donors (Lipinski definition) is 1. The molecule has 2 aromatic carbocycles. The number of carbonyl (C=O) groups is 1. The quantitative estimate of drug-likeness (QED) is 0.824. The number of benzene rings is 2. The van der Waals surface area contributed by atoms with Crippen LogP contribution in [0.1, 0.15) is 22.8 Å². The monoisotopic (exact) mass is 354 g/mol. The Balaban J connectivity index is 2.34. The summed E-state index contributed by atoms with van der Waals surface area (Å²) >= 11 is 9.38. The number of carboxylic acid groups (broad SMARTS) is 1. The molecule has 0 amide bonds. The number of carboxylic acids is 1. The Labute approximate surface area is 130 Å². The first-order chi connectivity index (χ1) is 9.51. The maximum atomic E-state index is 11.2. The van der Waals surface area contributed by atoms with E-state index in [1.54, 1.807) is 30.3 Å². The molecule has 0 fully saturated rings. The predicted molar refractivity (Wildman–Crippen MR) is 82.0 cm³/mol. The van der Waals surface area contributed by atoms with Gasteiger partial charge in [0.2, 0.25) is 0 Å². The zero-order valence-electron chi connectivity index (χ0n) is 10.7. The van der Waals surface area contributed by atoms with E-state index in [-0.39, 0.29) is 5.56 Å². The molecule has 0 radical (unpaired) electrons. The lowest BCUT2D eigenvalue weighted by molar-refractivity contribution is 0.0695. The summed E-state index contributed by atoms with van der Waals surface area (Å²) in [6.07, 6.45) is 0.654. The third kappa shape index (κ3) is 3.32. The molecule has 104 valence electrons. The molecule has 0 bridgehead atoms. The van der Waals surface area contributed by atoms with E-state index in [4.69, 9.17) is 16.3 Å². The first kappa shape index (κ1) is 14.9. The van der Waals surface area contributed by atoms with Gasteiger partial charge in [-0.3, -0.25) is 0 Å². The average molecular weight is 356 g/mol. The topological polar surface area (TPSA) is 46.5 Å². The van der Waals surface area contributed by atoms with E-state index < -0.39 is 5.97 Å². The van der Waals surface area contributed by atoms with Crippen molar-refractivity contribution in [2.24, 2.45) is 0 Å². The summed E-state index contributed by atoms with van der Waals surface area (Å²) in [6, 6.07) is 10.3. The van der Waals surface area contributed by atoms with Crippen LogP contribution < -0.4 is 4.74 Å². The van der Waals surface area contributed by atoms with Gasteiger partial charge in [-0.1, -0.05) is 40.5 Å². The second-order valence-electron chi connectivity index (χ2n) is 4.15. The highest BCUT2D eigenvalue weighted by Gasteiger charge is 2.11. The molecule has 0 atom stereocenters. The fourth-order valence-corrected chi connectivity index (χ4v) is 2.52. The number of hydrogen-bond acceptors (Lipinski definition) is 2. The molecule has 0 aliphatic carbocycles. The van der Waals surface area contributed by atoms with Gasteiger partial charge in [0.05, 0.1) is 10.6 Å². The van der Waals surface area contributed by atoms with Crippen LogP contribution in [0.4, 0.5) is 0 Å². The normalized spacial score (nSPS) is 10.3. The molecule has 0 aliphatic rings. The Bertz CT molecular complexity index is 656. The molecule has 0 saturated carbocycles. The maximum absolute atomic E-state index is 11.2. The van der Waals surface area contributed by atoms with E-state index in [0.717, 1.165) is 10.0 Å². The fraction of sp³-hybridized carbons (Fsp3) is 0.133. The van der Waals surface area contributed by atoms with Crippen molar-refractivity contribution in [3.05, 3.63) is 57.0 Å². The minimum atomic E-state index is -0.964. The summed E-state index contributed by atoms with van der Waals surface area (Å²) < 4.78 is 6.49. The molecule has 2 rings (SSSR count). The zero-order chi connectivity index (χ0) is 14.7. The standard InChI is InChI=1S/C15H12BrClO3/c1-2-9-3-5-11(8-12(9)15(18)19)20-14-6-4-10(16)7-13(14)17/h3-8H,2H2,1H3,(H,18,19). The van der Waals surface area contributed by atoms with E-state index in [0.29, 0.717) is 22.9 Å². The third-order valence-electron chi connectivity index (χ3n) is 2.81. The number of rotatable bonds is 4. The molecular formula is C15H12BrClO3. The van der Waals surface area contributed by atoms with Gasteiger partial charge in [0.15, 0.2) is 0 Å². The molecule has 1 N–H and O–H groups in total. The van der Waals surface area contributed by atoms with Crippen LogP contribution in [0.15, 0.2) is 40.9 Å². The van der Waals surface area contributed by atoms with Crippen LogP contribution in [-0.2, 0) is 6.42 Å². The lowest BCUT2D eigenvalue weighted by Gasteiger charge is -2.10. The lowest BCUT2D eigenvalue weighted by atomic mass is 10.1. The summed E-state index contributed by atoms with van der Waals surface area (Å²) in [6.45, 7) is 1.91. The second-order valence-corrected chi connectivity index (χ2v) is 5.48. The first-order valence-corrected chi connectivity index (χ1v) is 7.17. The van der Waals surface area contributed by atoms with Gasteiger partial charge in [-0.05, 0) is 42.3 Å². The SMILES string of the molecule is CCc1ccc(Oc2ccc(Br)cc2Cl)cc1C(=O)O. The van der Waals surface area contributed by atoms with Crippen molar-refractivity contribution < 1.29 is 14.6 Å². The van der Waals surface area contributed by atoms with Crippen molar-refractivity contribution in [1.29, 1.82) is 0 Å². The molecule has 3 nitrogen and oxygen atoms in total. The van der Waals surface area contributed by atoms with Crippen LogP contribution in [0, 0.1) is 0 Å². The smallest absolute Gasteiger partial charge is 0.336 e. The van der Waals surface area contributed by atoms with E-state index in [1.165, 1.54) is 6.07 Å². The van der Waals surface area contributed by atoms with Crippen LogP contribution >= 0.6 is 27.5 Å². The Morgan fingerprint density at radius 2 is 2.05 bits per heavy atom. The summed E-state index contributed by atoms with van der Waals surface area (Å²) in [5, 5.41) is 9.64. The molecule has 2 aromatic rings. The van der Waals surface area contributed by atoms with Gasteiger partial charge < -0.3 is 9.84 Å². The van der Waals surface area contributed by atoms with E-state index in [2.05, 4.69) is 15.9 Å². The number of aromatic carboxylic acids is 1. The summed E-state index contributed by atoms with van der Waals surface area (Å²) in [5.41, 5.74) is 1.02. The molecule has 0 aromatic heterocycles. The van der Waals surface area contributed by atoms with Crippen LogP contribution in [0.2, 0.25) is 5.02 Å². The van der Waals surface area contributed by atoms with Gasteiger partial charge in [0.25, 0.3) is 0 Å². The molecular weight excluding hydrogens is 344 g/mol. The molecule has 5 heteroatoms. The van der Waals surface area contributed by atoms with Gasteiger partial charge >= 0.3 is 5.97 Å². The Kier molecular flexibility index (Phi) is 4.68. The van der Waals surface area contributed by atoms with Gasteiger partial charge in [0.1, 0.15) is 11.5 Å². The molecule has 0 aliphatic heterocycles. The lowest BCUT2D eigenvalue weighted by Crippen LogP contribution is -2.02. The fourth-order valence-electron chi connectivity index (χ4n) is 1.81. The maximum Gasteiger partial charge on any atom is 0.336 e. The van der Waals surface area contributed by atoms with E-state index in [9.17, 15) is 9.90 Å². The minimum absolute atomic E-state index is 0.248. The van der Waals surface area contributed by atoms with Crippen molar-refractivity contribution >= 4 is 33.5 Å². The highest BCUT2D eigenvalue weighted by Crippen LogP contribution is 2.32. The van der Waals surface area contributed by atoms with Crippen molar-refractivity contribution in [3.8, 4) is 11.5 Å². The van der Waals surface area contributed by atoms with Crippen LogP contribution in [0.3, 0.4) is 0 Å². The highest BCUT2D eigenvalue weighted by atomic mass is 79.9. The summed E-state index contributed by atoms with van der Waals surface area (Å²) in [7, 11) is 0. The molecule has 0 unspecified atom stereocenters. The predicted octanol–water partition coefficient (Wildman–Crippen LogP) is 5.16. The Morgan fingerprint density at radius 1 is 1.30 bits per heavy atom. The van der Waals surface area contributed by atoms with Gasteiger partial charge in [0, 0.05) is 4.47 Å². The van der Waals surface area contributed by atoms with Gasteiger partial charge in [-0.15, -0.1) is 0 Å². The van der Waals surface area contributed by atoms with Gasteiger partial charge in [-0.25, -0.2) is 4.79 Å². The number of ether oxygens (including phenoxy) is 1. The van der Waals surface area contributed by atoms with E-state index >= 15 is 0 Å². The van der Waals surface area contributed by atoms with Crippen molar-refractivity contribution in [3.63, 3.8) is 0 Å². The molecule has 20 heavy (non-hydrogen) atoms. The second kappa shape index (κ2) is 6.29. The first-order valence-electron chi connectivity index (χ1n) is 6.00. The molecule has 0 heterocycles. The van der Waals surface area contributed by atoms with Crippen LogP contribution in [0.5, 0.6) is 11.5 Å².